The average molecular weight is 191 g/mol. The van der Waals surface area contributed by atoms with Gasteiger partial charge in [-0.25, -0.2) is 0 Å². The van der Waals surface area contributed by atoms with Gasteiger partial charge >= 0.3 is 0 Å². The van der Waals surface area contributed by atoms with Crippen LogP contribution in [-0.4, -0.2) is 23.5 Å². The molecule has 0 bridgehead atoms. The zero-order valence-corrected chi connectivity index (χ0v) is 8.61. The van der Waals surface area contributed by atoms with Crippen molar-refractivity contribution in [3.8, 4) is 0 Å². The van der Waals surface area contributed by atoms with E-state index in [0.717, 1.165) is 0 Å². The van der Waals surface area contributed by atoms with Gasteiger partial charge in [0.05, 0.1) is 0 Å². The van der Waals surface area contributed by atoms with Gasteiger partial charge in [0.15, 0.2) is 0 Å². The Hall–Kier alpha value is -0.930. The van der Waals surface area contributed by atoms with E-state index in [0.29, 0.717) is 12.6 Å². The van der Waals surface area contributed by atoms with Crippen molar-refractivity contribution in [1.29, 1.82) is 0 Å². The molecule has 3 heteroatoms. The Balaban J connectivity index is 2.30. The number of hydrogen-bond acceptors (Lipinski definition) is 3. The zero-order valence-electron chi connectivity index (χ0n) is 8.61. The molecule has 14 heavy (non-hydrogen) atoms. The highest BCUT2D eigenvalue weighted by molar-refractivity contribution is 5.27. The number of nitrogens with zero attached hydrogens (tertiary/aromatic N) is 2. The Bertz CT molecular complexity index is 311. The lowest BCUT2D eigenvalue weighted by molar-refractivity contribution is 0.316. The maximum absolute atomic E-state index is 5.71. The molecule has 1 aliphatic heterocycles. The predicted molar refractivity (Wildman–Crippen MR) is 56.7 cm³/mol. The smallest absolute Gasteiger partial charge is 0.0349 e. The fourth-order valence-corrected chi connectivity index (χ4v) is 2.24. The third kappa shape index (κ3) is 1.65. The lowest BCUT2D eigenvalue weighted by Crippen LogP contribution is -2.19. The predicted octanol–water partition coefficient (Wildman–Crippen LogP) is 1.31. The lowest BCUT2D eigenvalue weighted by atomic mass is 10.0. The normalized spacial score (nSPS) is 22.9. The van der Waals surface area contributed by atoms with Crippen LogP contribution in [0.1, 0.15) is 30.0 Å². The van der Waals surface area contributed by atoms with Crippen molar-refractivity contribution in [3.05, 3.63) is 29.6 Å². The Morgan fingerprint density at radius 1 is 1.64 bits per heavy atom. The van der Waals surface area contributed by atoms with Crippen LogP contribution in [0.3, 0.4) is 0 Å². The second-order valence-electron chi connectivity index (χ2n) is 3.92. The topological polar surface area (TPSA) is 42.2 Å². The van der Waals surface area contributed by atoms with Crippen LogP contribution in [0.2, 0.25) is 0 Å². The maximum atomic E-state index is 5.71. The molecule has 2 rings (SSSR count). The van der Waals surface area contributed by atoms with Gasteiger partial charge in [0.2, 0.25) is 0 Å². The van der Waals surface area contributed by atoms with E-state index in [9.17, 15) is 0 Å². The van der Waals surface area contributed by atoms with Crippen LogP contribution in [0.4, 0.5) is 0 Å². The Labute approximate surface area is 84.9 Å². The summed E-state index contributed by atoms with van der Waals surface area (Å²) in [5.74, 6) is 0. The summed E-state index contributed by atoms with van der Waals surface area (Å²) in [5.41, 5.74) is 8.25. The highest BCUT2D eigenvalue weighted by atomic mass is 15.1. The molecule has 1 saturated heterocycles. The van der Waals surface area contributed by atoms with Crippen molar-refractivity contribution in [2.45, 2.75) is 25.4 Å². The lowest BCUT2D eigenvalue weighted by Gasteiger charge is -2.21. The fraction of sp³-hybridized carbons (Fsp3) is 0.545. The van der Waals surface area contributed by atoms with Crippen LogP contribution < -0.4 is 5.73 Å². The minimum Gasteiger partial charge on any atom is -0.326 e. The summed E-state index contributed by atoms with van der Waals surface area (Å²) in [4.78, 5) is 6.51. The molecule has 0 aromatic carbocycles. The minimum absolute atomic E-state index is 0.552. The first kappa shape index (κ1) is 9.62. The van der Waals surface area contributed by atoms with E-state index in [1.807, 2.05) is 12.4 Å². The number of rotatable bonds is 2. The van der Waals surface area contributed by atoms with Crippen LogP contribution >= 0.6 is 0 Å². The van der Waals surface area contributed by atoms with E-state index in [-0.39, 0.29) is 0 Å². The standard InChI is InChI=1S/C11H17N3/c1-14-6-2-3-11(14)10-4-5-13-8-9(10)7-12/h4-5,8,11H,2-3,6-7,12H2,1H3. The van der Waals surface area contributed by atoms with Crippen LogP contribution in [0.25, 0.3) is 0 Å². The van der Waals surface area contributed by atoms with Crippen LogP contribution in [-0.2, 0) is 6.54 Å². The molecule has 0 saturated carbocycles. The summed E-state index contributed by atoms with van der Waals surface area (Å²) in [6.07, 6.45) is 6.28. The molecule has 1 aromatic heterocycles. The van der Waals surface area contributed by atoms with Crippen LogP contribution in [0, 0.1) is 0 Å². The van der Waals surface area contributed by atoms with Gasteiger partial charge in [-0.2, -0.15) is 0 Å². The average Bonchev–Trinajstić information content (AvgIpc) is 2.64. The van der Waals surface area contributed by atoms with Crippen LogP contribution in [0.5, 0.6) is 0 Å². The van der Waals surface area contributed by atoms with E-state index in [4.69, 9.17) is 5.73 Å². The summed E-state index contributed by atoms with van der Waals surface area (Å²) in [7, 11) is 2.18. The monoisotopic (exact) mass is 191 g/mol. The molecule has 3 nitrogen and oxygen atoms in total. The SMILES string of the molecule is CN1CCCC1c1ccncc1CN. The van der Waals surface area contributed by atoms with Crippen molar-refractivity contribution in [2.24, 2.45) is 5.73 Å². The maximum Gasteiger partial charge on any atom is 0.0349 e. The highest BCUT2D eigenvalue weighted by Crippen LogP contribution is 2.31. The second-order valence-corrected chi connectivity index (χ2v) is 3.92. The van der Waals surface area contributed by atoms with Gasteiger partial charge < -0.3 is 5.73 Å². The van der Waals surface area contributed by atoms with Gasteiger partial charge in [0, 0.05) is 25.0 Å². The molecule has 1 aromatic rings. The fourth-order valence-electron chi connectivity index (χ4n) is 2.24. The first-order chi connectivity index (χ1) is 6.83. The number of pyridine rings is 1. The molecule has 0 aliphatic carbocycles. The summed E-state index contributed by atoms with van der Waals surface area (Å²) in [5, 5.41) is 0. The molecule has 1 atom stereocenters. The zero-order chi connectivity index (χ0) is 9.97. The van der Waals surface area contributed by atoms with Gasteiger partial charge in [-0.15, -0.1) is 0 Å². The molecular weight excluding hydrogens is 174 g/mol. The largest absolute Gasteiger partial charge is 0.326 e. The third-order valence-electron chi connectivity index (χ3n) is 3.04. The van der Waals surface area contributed by atoms with Gasteiger partial charge in [0.25, 0.3) is 0 Å². The molecule has 1 fully saturated rings. The molecule has 1 unspecified atom stereocenters. The number of hydrogen-bond donors (Lipinski definition) is 1. The number of likely N-dealkylation sites (tertiary alicyclic amines) is 1. The van der Waals surface area contributed by atoms with Crippen molar-refractivity contribution >= 4 is 0 Å². The van der Waals surface area contributed by atoms with Gasteiger partial charge in [-0.05, 0) is 43.6 Å². The molecule has 2 N–H and O–H groups in total. The number of aromatic nitrogens is 1. The van der Waals surface area contributed by atoms with Crippen molar-refractivity contribution < 1.29 is 0 Å². The van der Waals surface area contributed by atoms with E-state index in [2.05, 4.69) is 23.0 Å². The summed E-state index contributed by atoms with van der Waals surface area (Å²) < 4.78 is 0. The third-order valence-corrected chi connectivity index (χ3v) is 3.04. The van der Waals surface area contributed by atoms with E-state index < -0.39 is 0 Å². The van der Waals surface area contributed by atoms with Gasteiger partial charge in [0.1, 0.15) is 0 Å². The van der Waals surface area contributed by atoms with Crippen molar-refractivity contribution in [2.75, 3.05) is 13.6 Å². The Morgan fingerprint density at radius 2 is 2.50 bits per heavy atom. The molecule has 2 heterocycles. The van der Waals surface area contributed by atoms with Crippen molar-refractivity contribution in [1.82, 2.24) is 9.88 Å². The molecule has 1 aliphatic rings. The van der Waals surface area contributed by atoms with E-state index in [1.54, 1.807) is 0 Å². The minimum atomic E-state index is 0.552. The van der Waals surface area contributed by atoms with Gasteiger partial charge in [-0.3, -0.25) is 9.88 Å². The second kappa shape index (κ2) is 4.07. The summed E-state index contributed by atoms with van der Waals surface area (Å²) >= 11 is 0. The Morgan fingerprint density at radius 3 is 3.14 bits per heavy atom. The molecule has 76 valence electrons. The first-order valence-corrected chi connectivity index (χ1v) is 5.16. The molecule has 0 spiro atoms. The van der Waals surface area contributed by atoms with Crippen molar-refractivity contribution in [3.63, 3.8) is 0 Å². The molecule has 0 radical (unpaired) electrons. The van der Waals surface area contributed by atoms with Gasteiger partial charge in [-0.1, -0.05) is 0 Å². The first-order valence-electron chi connectivity index (χ1n) is 5.16. The summed E-state index contributed by atoms with van der Waals surface area (Å²) in [6.45, 7) is 1.78. The molecular formula is C11H17N3. The highest BCUT2D eigenvalue weighted by Gasteiger charge is 2.23. The Kier molecular flexibility index (Phi) is 2.79. The van der Waals surface area contributed by atoms with E-state index >= 15 is 0 Å². The molecule has 0 amide bonds. The van der Waals surface area contributed by atoms with Crippen LogP contribution in [0.15, 0.2) is 18.5 Å². The van der Waals surface area contributed by atoms with E-state index in [1.165, 1.54) is 30.5 Å². The quantitative estimate of drug-likeness (QED) is 0.766. The number of nitrogens with two attached hydrogens (primary N) is 1. The summed E-state index contributed by atoms with van der Waals surface area (Å²) in [6, 6.07) is 2.66.